The molecule has 1 aliphatic rings. The minimum absolute atomic E-state index is 0.153. The summed E-state index contributed by atoms with van der Waals surface area (Å²) in [4.78, 5) is 0. The SMILES string of the molecule is Cc1cc(F)ccc1Oc1ccc(CNC2CC2)cc1F. The molecule has 1 N–H and O–H groups in total. The molecule has 0 heterocycles. The van der Waals surface area contributed by atoms with E-state index in [4.69, 9.17) is 4.74 Å². The van der Waals surface area contributed by atoms with Gasteiger partial charge in [-0.3, -0.25) is 0 Å². The fourth-order valence-corrected chi connectivity index (χ4v) is 2.13. The third-order valence-electron chi connectivity index (χ3n) is 3.53. The Bertz CT molecular complexity index is 653. The maximum absolute atomic E-state index is 14.1. The van der Waals surface area contributed by atoms with Gasteiger partial charge in [-0.05, 0) is 61.2 Å². The molecular weight excluding hydrogens is 272 g/mol. The summed E-state index contributed by atoms with van der Waals surface area (Å²) in [5.74, 6) is -0.130. The molecule has 0 aliphatic heterocycles. The molecule has 0 unspecified atom stereocenters. The molecule has 0 atom stereocenters. The lowest BCUT2D eigenvalue weighted by atomic mass is 10.2. The van der Waals surface area contributed by atoms with Crippen LogP contribution in [0.4, 0.5) is 8.78 Å². The molecule has 1 fully saturated rings. The minimum atomic E-state index is -0.408. The summed E-state index contributed by atoms with van der Waals surface area (Å²) >= 11 is 0. The van der Waals surface area contributed by atoms with Crippen LogP contribution in [0.15, 0.2) is 36.4 Å². The summed E-state index contributed by atoms with van der Waals surface area (Å²) < 4.78 is 32.6. The number of benzene rings is 2. The number of halogens is 2. The van der Waals surface area contributed by atoms with Crippen LogP contribution in [0.25, 0.3) is 0 Å². The zero-order chi connectivity index (χ0) is 14.8. The smallest absolute Gasteiger partial charge is 0.166 e. The Morgan fingerprint density at radius 3 is 2.52 bits per heavy atom. The molecule has 2 nitrogen and oxygen atoms in total. The van der Waals surface area contributed by atoms with E-state index in [-0.39, 0.29) is 11.6 Å². The highest BCUT2D eigenvalue weighted by molar-refractivity contribution is 5.38. The lowest BCUT2D eigenvalue weighted by Gasteiger charge is -2.11. The first-order valence-electron chi connectivity index (χ1n) is 7.07. The maximum Gasteiger partial charge on any atom is 0.166 e. The van der Waals surface area contributed by atoms with Gasteiger partial charge in [-0.25, -0.2) is 8.78 Å². The molecule has 21 heavy (non-hydrogen) atoms. The molecule has 110 valence electrons. The average molecular weight is 289 g/mol. The number of nitrogens with one attached hydrogen (secondary N) is 1. The monoisotopic (exact) mass is 289 g/mol. The third-order valence-corrected chi connectivity index (χ3v) is 3.53. The van der Waals surface area contributed by atoms with E-state index in [1.165, 1.54) is 37.1 Å². The van der Waals surface area contributed by atoms with Crippen molar-refractivity contribution in [3.8, 4) is 11.5 Å². The number of aryl methyl sites for hydroxylation is 1. The number of hydrogen-bond acceptors (Lipinski definition) is 2. The fraction of sp³-hybridized carbons (Fsp3) is 0.294. The van der Waals surface area contributed by atoms with Crippen LogP contribution in [0.1, 0.15) is 24.0 Å². The second-order valence-corrected chi connectivity index (χ2v) is 5.43. The summed E-state index contributed by atoms with van der Waals surface area (Å²) in [7, 11) is 0. The summed E-state index contributed by atoms with van der Waals surface area (Å²) in [6, 6.07) is 9.69. The summed E-state index contributed by atoms with van der Waals surface area (Å²) in [5, 5.41) is 3.34. The first kappa shape index (κ1) is 14.0. The Balaban J connectivity index is 1.72. The van der Waals surface area contributed by atoms with Crippen molar-refractivity contribution in [1.82, 2.24) is 5.32 Å². The molecule has 0 aromatic heterocycles. The van der Waals surface area contributed by atoms with Crippen LogP contribution in [-0.2, 0) is 6.54 Å². The summed E-state index contributed by atoms with van der Waals surface area (Å²) in [6.07, 6.45) is 2.40. The first-order chi connectivity index (χ1) is 10.1. The van der Waals surface area contributed by atoms with Crippen LogP contribution in [0, 0.1) is 18.6 Å². The Labute approximate surface area is 122 Å². The van der Waals surface area contributed by atoms with E-state index in [0.717, 1.165) is 5.56 Å². The second kappa shape index (κ2) is 5.82. The predicted octanol–water partition coefficient (Wildman–Crippen LogP) is 4.32. The van der Waals surface area contributed by atoms with Crippen LogP contribution in [-0.4, -0.2) is 6.04 Å². The molecule has 2 aromatic carbocycles. The fourth-order valence-electron chi connectivity index (χ4n) is 2.13. The average Bonchev–Trinajstić information content (AvgIpc) is 3.26. The van der Waals surface area contributed by atoms with Gasteiger partial charge < -0.3 is 10.1 Å². The maximum atomic E-state index is 14.1. The normalized spacial score (nSPS) is 14.2. The van der Waals surface area contributed by atoms with E-state index in [1.807, 2.05) is 6.07 Å². The molecule has 0 radical (unpaired) electrons. The van der Waals surface area contributed by atoms with E-state index >= 15 is 0 Å². The van der Waals surface area contributed by atoms with Gasteiger partial charge in [-0.1, -0.05) is 6.07 Å². The van der Waals surface area contributed by atoms with Crippen molar-refractivity contribution in [2.45, 2.75) is 32.4 Å². The van der Waals surface area contributed by atoms with E-state index in [1.54, 1.807) is 13.0 Å². The Morgan fingerprint density at radius 1 is 1.10 bits per heavy atom. The van der Waals surface area contributed by atoms with E-state index < -0.39 is 5.82 Å². The van der Waals surface area contributed by atoms with Gasteiger partial charge in [-0.15, -0.1) is 0 Å². The molecule has 4 heteroatoms. The standard InChI is InChI=1S/C17H17F2NO/c1-11-8-13(18)3-7-16(11)21-17-6-2-12(9-15(17)19)10-20-14-4-5-14/h2-3,6-9,14,20H,4-5,10H2,1H3. The zero-order valence-electron chi connectivity index (χ0n) is 11.8. The number of ether oxygens (including phenoxy) is 1. The molecule has 0 amide bonds. The van der Waals surface area contributed by atoms with Crippen LogP contribution < -0.4 is 10.1 Å². The molecular formula is C17H17F2NO. The van der Waals surface area contributed by atoms with Gasteiger partial charge >= 0.3 is 0 Å². The molecule has 2 aromatic rings. The van der Waals surface area contributed by atoms with Crippen LogP contribution in [0.3, 0.4) is 0 Å². The van der Waals surface area contributed by atoms with Gasteiger partial charge in [0.2, 0.25) is 0 Å². The molecule has 0 spiro atoms. The third kappa shape index (κ3) is 3.58. The zero-order valence-corrected chi connectivity index (χ0v) is 11.8. The van der Waals surface area contributed by atoms with Crippen molar-refractivity contribution in [1.29, 1.82) is 0 Å². The minimum Gasteiger partial charge on any atom is -0.454 e. The van der Waals surface area contributed by atoms with Gasteiger partial charge in [0.25, 0.3) is 0 Å². The predicted molar refractivity (Wildman–Crippen MR) is 77.5 cm³/mol. The Morgan fingerprint density at radius 2 is 1.86 bits per heavy atom. The summed E-state index contributed by atoms with van der Waals surface area (Å²) in [6.45, 7) is 2.39. The van der Waals surface area contributed by atoms with E-state index in [9.17, 15) is 8.78 Å². The highest BCUT2D eigenvalue weighted by Crippen LogP contribution is 2.28. The first-order valence-corrected chi connectivity index (χ1v) is 7.07. The van der Waals surface area contributed by atoms with Gasteiger partial charge in [0.15, 0.2) is 11.6 Å². The lowest BCUT2D eigenvalue weighted by Crippen LogP contribution is -2.15. The molecule has 1 saturated carbocycles. The van der Waals surface area contributed by atoms with Crippen LogP contribution in [0.5, 0.6) is 11.5 Å². The highest BCUT2D eigenvalue weighted by Gasteiger charge is 2.20. The topological polar surface area (TPSA) is 21.3 Å². The second-order valence-electron chi connectivity index (χ2n) is 5.43. The highest BCUT2D eigenvalue weighted by atomic mass is 19.1. The Hall–Kier alpha value is -1.94. The van der Waals surface area contributed by atoms with Crippen molar-refractivity contribution < 1.29 is 13.5 Å². The van der Waals surface area contributed by atoms with Gasteiger partial charge in [0.1, 0.15) is 11.6 Å². The van der Waals surface area contributed by atoms with Crippen molar-refractivity contribution in [3.05, 3.63) is 59.2 Å². The van der Waals surface area contributed by atoms with E-state index in [2.05, 4.69) is 5.32 Å². The van der Waals surface area contributed by atoms with Crippen molar-refractivity contribution >= 4 is 0 Å². The van der Waals surface area contributed by atoms with E-state index in [0.29, 0.717) is 23.9 Å². The number of hydrogen-bond donors (Lipinski definition) is 1. The quantitative estimate of drug-likeness (QED) is 0.885. The Kier molecular flexibility index (Phi) is 3.88. The molecule has 3 rings (SSSR count). The lowest BCUT2D eigenvalue weighted by molar-refractivity contribution is 0.437. The van der Waals surface area contributed by atoms with Gasteiger partial charge in [0, 0.05) is 12.6 Å². The van der Waals surface area contributed by atoms with Crippen LogP contribution in [0.2, 0.25) is 0 Å². The molecule has 1 aliphatic carbocycles. The van der Waals surface area contributed by atoms with Gasteiger partial charge in [-0.2, -0.15) is 0 Å². The largest absolute Gasteiger partial charge is 0.454 e. The van der Waals surface area contributed by atoms with Gasteiger partial charge in [0.05, 0.1) is 0 Å². The van der Waals surface area contributed by atoms with Crippen molar-refractivity contribution in [2.24, 2.45) is 0 Å². The van der Waals surface area contributed by atoms with Crippen molar-refractivity contribution in [2.75, 3.05) is 0 Å². The molecule has 0 saturated heterocycles. The van der Waals surface area contributed by atoms with Crippen molar-refractivity contribution in [3.63, 3.8) is 0 Å². The molecule has 0 bridgehead atoms. The summed E-state index contributed by atoms with van der Waals surface area (Å²) in [5.41, 5.74) is 1.52. The van der Waals surface area contributed by atoms with Crippen LogP contribution >= 0.6 is 0 Å². The number of rotatable bonds is 5.